The van der Waals surface area contributed by atoms with Crippen LogP contribution in [0.4, 0.5) is 10.1 Å². The number of hydrogen-bond acceptors (Lipinski definition) is 2. The highest BCUT2D eigenvalue weighted by atomic mass is 19.1. The molecule has 1 atom stereocenters. The summed E-state index contributed by atoms with van der Waals surface area (Å²) in [5, 5.41) is 12.1. The van der Waals surface area contributed by atoms with E-state index in [0.717, 1.165) is 0 Å². The highest BCUT2D eigenvalue weighted by Crippen LogP contribution is 2.18. The van der Waals surface area contributed by atoms with Crippen molar-refractivity contribution < 1.29 is 14.3 Å². The van der Waals surface area contributed by atoms with E-state index < -0.39 is 17.8 Å². The molecular formula is C15H14FNO2. The van der Waals surface area contributed by atoms with Crippen LogP contribution in [0.25, 0.3) is 0 Å². The Morgan fingerprint density at radius 2 is 1.95 bits per heavy atom. The first-order chi connectivity index (χ1) is 9.08. The van der Waals surface area contributed by atoms with Crippen molar-refractivity contribution in [3.05, 3.63) is 65.5 Å². The summed E-state index contributed by atoms with van der Waals surface area (Å²) in [4.78, 5) is 11.9. The second-order valence-corrected chi connectivity index (χ2v) is 4.24. The van der Waals surface area contributed by atoms with Gasteiger partial charge in [0.1, 0.15) is 5.82 Å². The minimum atomic E-state index is -0.620. The van der Waals surface area contributed by atoms with Crippen LogP contribution in [0.1, 0.15) is 28.9 Å². The summed E-state index contributed by atoms with van der Waals surface area (Å²) in [6.07, 6.45) is -0.620. The Kier molecular flexibility index (Phi) is 3.92. The fourth-order valence-corrected chi connectivity index (χ4v) is 1.72. The number of aliphatic hydroxyl groups is 1. The van der Waals surface area contributed by atoms with Gasteiger partial charge in [-0.25, -0.2) is 4.39 Å². The molecule has 0 aromatic heterocycles. The molecule has 4 heteroatoms. The number of anilines is 1. The van der Waals surface area contributed by atoms with E-state index in [4.69, 9.17) is 0 Å². The van der Waals surface area contributed by atoms with Crippen molar-refractivity contribution in [3.8, 4) is 0 Å². The molecule has 19 heavy (non-hydrogen) atoms. The average Bonchev–Trinajstić information content (AvgIpc) is 2.39. The maximum Gasteiger partial charge on any atom is 0.258 e. The molecule has 0 saturated carbocycles. The number of rotatable bonds is 3. The van der Waals surface area contributed by atoms with Crippen molar-refractivity contribution in [1.82, 2.24) is 0 Å². The monoisotopic (exact) mass is 259 g/mol. The van der Waals surface area contributed by atoms with Crippen molar-refractivity contribution in [1.29, 1.82) is 0 Å². The number of amides is 1. The highest BCUT2D eigenvalue weighted by molar-refractivity contribution is 6.04. The van der Waals surface area contributed by atoms with Crippen molar-refractivity contribution in [3.63, 3.8) is 0 Å². The number of nitrogens with one attached hydrogen (secondary N) is 1. The van der Waals surface area contributed by atoms with Crippen LogP contribution >= 0.6 is 0 Å². The number of aliphatic hydroxyl groups excluding tert-OH is 1. The fourth-order valence-electron chi connectivity index (χ4n) is 1.72. The van der Waals surface area contributed by atoms with Gasteiger partial charge in [0.2, 0.25) is 0 Å². The van der Waals surface area contributed by atoms with Crippen LogP contribution in [0.15, 0.2) is 48.5 Å². The van der Waals surface area contributed by atoms with Crippen LogP contribution in [0.2, 0.25) is 0 Å². The Hall–Kier alpha value is -2.20. The summed E-state index contributed by atoms with van der Waals surface area (Å²) in [5.74, 6) is -1.08. The molecule has 0 aliphatic heterocycles. The molecule has 2 aromatic rings. The Labute approximate surface area is 110 Å². The fraction of sp³-hybridized carbons (Fsp3) is 0.133. The number of benzene rings is 2. The SMILES string of the molecule is C[C@H](O)c1cccc(NC(=O)c2ccccc2F)c1. The van der Waals surface area contributed by atoms with Gasteiger partial charge in [0.25, 0.3) is 5.91 Å². The Balaban J connectivity index is 2.20. The van der Waals surface area contributed by atoms with Crippen molar-refractivity contribution in [2.75, 3.05) is 5.32 Å². The molecule has 2 rings (SSSR count). The maximum absolute atomic E-state index is 13.4. The number of carbonyl (C=O) groups is 1. The van der Waals surface area contributed by atoms with E-state index in [0.29, 0.717) is 11.3 Å². The third-order valence-electron chi connectivity index (χ3n) is 2.75. The molecular weight excluding hydrogens is 245 g/mol. The Bertz CT molecular complexity index is 596. The van der Waals surface area contributed by atoms with Gasteiger partial charge >= 0.3 is 0 Å². The predicted molar refractivity (Wildman–Crippen MR) is 71.4 cm³/mol. The first-order valence-electron chi connectivity index (χ1n) is 5.92. The summed E-state index contributed by atoms with van der Waals surface area (Å²) in [6.45, 7) is 1.64. The van der Waals surface area contributed by atoms with Gasteiger partial charge in [0, 0.05) is 5.69 Å². The molecule has 0 fully saturated rings. The average molecular weight is 259 g/mol. The van der Waals surface area contributed by atoms with Crippen molar-refractivity contribution in [2.45, 2.75) is 13.0 Å². The van der Waals surface area contributed by atoms with Gasteiger partial charge in [-0.2, -0.15) is 0 Å². The molecule has 0 aliphatic rings. The second-order valence-electron chi connectivity index (χ2n) is 4.24. The lowest BCUT2D eigenvalue weighted by Gasteiger charge is -2.09. The lowest BCUT2D eigenvalue weighted by atomic mass is 10.1. The van der Waals surface area contributed by atoms with Crippen LogP contribution in [0, 0.1) is 5.82 Å². The first-order valence-corrected chi connectivity index (χ1v) is 5.92. The summed E-state index contributed by atoms with van der Waals surface area (Å²) in [5.41, 5.74) is 1.20. The third-order valence-corrected chi connectivity index (χ3v) is 2.75. The van der Waals surface area contributed by atoms with Crippen molar-refractivity contribution in [2.24, 2.45) is 0 Å². The van der Waals surface area contributed by atoms with E-state index in [2.05, 4.69) is 5.32 Å². The molecule has 0 saturated heterocycles. The van der Waals surface area contributed by atoms with E-state index >= 15 is 0 Å². The van der Waals surface area contributed by atoms with Gasteiger partial charge in [-0.1, -0.05) is 24.3 Å². The largest absolute Gasteiger partial charge is 0.389 e. The van der Waals surface area contributed by atoms with Gasteiger partial charge < -0.3 is 10.4 Å². The maximum atomic E-state index is 13.4. The topological polar surface area (TPSA) is 49.3 Å². The van der Waals surface area contributed by atoms with E-state index in [-0.39, 0.29) is 5.56 Å². The minimum Gasteiger partial charge on any atom is -0.389 e. The molecule has 98 valence electrons. The number of carbonyl (C=O) groups excluding carboxylic acids is 1. The highest BCUT2D eigenvalue weighted by Gasteiger charge is 2.11. The number of halogens is 1. The third kappa shape index (κ3) is 3.17. The summed E-state index contributed by atoms with van der Waals surface area (Å²) >= 11 is 0. The van der Waals surface area contributed by atoms with Gasteiger partial charge in [-0.05, 0) is 36.8 Å². The molecule has 2 aromatic carbocycles. The lowest BCUT2D eigenvalue weighted by molar-refractivity contribution is 0.102. The summed E-state index contributed by atoms with van der Waals surface area (Å²) in [7, 11) is 0. The van der Waals surface area contributed by atoms with E-state index in [9.17, 15) is 14.3 Å². The Morgan fingerprint density at radius 1 is 1.21 bits per heavy atom. The van der Waals surface area contributed by atoms with Crippen LogP contribution in [0.5, 0.6) is 0 Å². The van der Waals surface area contributed by atoms with Gasteiger partial charge in [0.05, 0.1) is 11.7 Å². The van der Waals surface area contributed by atoms with Crippen molar-refractivity contribution >= 4 is 11.6 Å². The molecule has 1 amide bonds. The molecule has 0 radical (unpaired) electrons. The van der Waals surface area contributed by atoms with Gasteiger partial charge in [0.15, 0.2) is 0 Å². The molecule has 0 heterocycles. The lowest BCUT2D eigenvalue weighted by Crippen LogP contribution is -2.13. The predicted octanol–water partition coefficient (Wildman–Crippen LogP) is 3.13. The summed E-state index contributed by atoms with van der Waals surface area (Å²) < 4.78 is 13.4. The quantitative estimate of drug-likeness (QED) is 0.889. The zero-order chi connectivity index (χ0) is 13.8. The van der Waals surface area contributed by atoms with Crippen LogP contribution < -0.4 is 5.32 Å². The van der Waals surface area contributed by atoms with Crippen LogP contribution in [0.3, 0.4) is 0 Å². The number of hydrogen-bond donors (Lipinski definition) is 2. The zero-order valence-electron chi connectivity index (χ0n) is 10.4. The van der Waals surface area contributed by atoms with Gasteiger partial charge in [-0.3, -0.25) is 4.79 Å². The van der Waals surface area contributed by atoms with E-state index in [1.54, 1.807) is 37.3 Å². The van der Waals surface area contributed by atoms with Crippen LogP contribution in [-0.4, -0.2) is 11.0 Å². The molecule has 0 spiro atoms. The van der Waals surface area contributed by atoms with E-state index in [1.807, 2.05) is 0 Å². The Morgan fingerprint density at radius 3 is 2.63 bits per heavy atom. The molecule has 0 aliphatic carbocycles. The standard InChI is InChI=1S/C15H14FNO2/c1-10(18)11-5-4-6-12(9-11)17-15(19)13-7-2-3-8-14(13)16/h2-10,18H,1H3,(H,17,19)/t10-/m0/s1. The zero-order valence-corrected chi connectivity index (χ0v) is 10.4. The normalized spacial score (nSPS) is 11.9. The van der Waals surface area contributed by atoms with Gasteiger partial charge in [-0.15, -0.1) is 0 Å². The molecule has 3 nitrogen and oxygen atoms in total. The molecule has 0 bridgehead atoms. The smallest absolute Gasteiger partial charge is 0.258 e. The molecule has 2 N–H and O–H groups in total. The van der Waals surface area contributed by atoms with E-state index in [1.165, 1.54) is 18.2 Å². The van der Waals surface area contributed by atoms with Crippen LogP contribution in [-0.2, 0) is 0 Å². The second kappa shape index (κ2) is 5.63. The minimum absolute atomic E-state index is 0.00931. The molecule has 0 unspecified atom stereocenters. The summed E-state index contributed by atoms with van der Waals surface area (Å²) in [6, 6.07) is 12.6. The first kappa shape index (κ1) is 13.2.